The van der Waals surface area contributed by atoms with Crippen molar-refractivity contribution in [3.8, 4) is 5.75 Å². The number of amides is 2. The molecule has 0 fully saturated rings. The quantitative estimate of drug-likeness (QED) is 0.300. The average molecular weight is 518 g/mol. The second kappa shape index (κ2) is 8.27. The normalized spacial score (nSPS) is 16.7. The van der Waals surface area contributed by atoms with Gasteiger partial charge in [-0.15, -0.1) is 4.40 Å². The number of fused-ring (bicyclic) bond motifs is 3. The molecule has 0 saturated carbocycles. The highest BCUT2D eigenvalue weighted by atomic mass is 32.3. The van der Waals surface area contributed by atoms with Gasteiger partial charge in [0.2, 0.25) is 0 Å². The summed E-state index contributed by atoms with van der Waals surface area (Å²) in [7, 11) is -3.66. The van der Waals surface area contributed by atoms with Crippen LogP contribution in [0.5, 0.6) is 5.75 Å². The van der Waals surface area contributed by atoms with Gasteiger partial charge in [0.15, 0.2) is 5.84 Å². The summed E-state index contributed by atoms with van der Waals surface area (Å²) >= 11 is 0. The van der Waals surface area contributed by atoms with Crippen LogP contribution in [0.2, 0.25) is 0 Å². The number of imide groups is 1. The molecule has 2 aliphatic rings. The van der Waals surface area contributed by atoms with Gasteiger partial charge in [0.05, 0.1) is 22.2 Å². The summed E-state index contributed by atoms with van der Waals surface area (Å²) < 4.78 is 26.5. The number of hydrogen-bond donors (Lipinski definition) is 4. The van der Waals surface area contributed by atoms with E-state index in [0.29, 0.717) is 16.8 Å². The van der Waals surface area contributed by atoms with Crippen LogP contribution in [-0.4, -0.2) is 52.9 Å². The predicted octanol–water partition coefficient (Wildman–Crippen LogP) is 3.30. The molecule has 11 nitrogen and oxygen atoms in total. The highest BCUT2D eigenvalue weighted by Gasteiger charge is 2.35. The molecule has 12 heteroatoms. The zero-order valence-electron chi connectivity index (χ0n) is 19.0. The van der Waals surface area contributed by atoms with Crippen molar-refractivity contribution >= 4 is 45.1 Å². The topological polar surface area (TPSA) is 157 Å². The van der Waals surface area contributed by atoms with E-state index in [4.69, 9.17) is 0 Å². The van der Waals surface area contributed by atoms with E-state index in [2.05, 4.69) is 14.7 Å². The number of anilines is 1. The zero-order chi connectivity index (χ0) is 25.9. The summed E-state index contributed by atoms with van der Waals surface area (Å²) in [4.78, 5) is 44.8. The summed E-state index contributed by atoms with van der Waals surface area (Å²) in [6, 6.07) is 16.0. The van der Waals surface area contributed by atoms with E-state index in [1.165, 1.54) is 16.8 Å². The van der Waals surface area contributed by atoms with Gasteiger partial charge in [-0.1, -0.05) is 35.0 Å². The molecule has 0 radical (unpaired) electrons. The summed E-state index contributed by atoms with van der Waals surface area (Å²) in [5.41, 5.74) is 0.0140. The molecule has 4 N–H and O–H groups in total. The van der Waals surface area contributed by atoms with Crippen LogP contribution in [0.3, 0.4) is 0 Å². The van der Waals surface area contributed by atoms with E-state index in [1.54, 1.807) is 54.6 Å². The number of aromatic hydroxyl groups is 1. The number of rotatable bonds is 4. The van der Waals surface area contributed by atoms with Crippen molar-refractivity contribution in [2.24, 2.45) is 4.40 Å². The molecule has 186 valence electrons. The van der Waals surface area contributed by atoms with Crippen LogP contribution in [0.1, 0.15) is 26.3 Å². The van der Waals surface area contributed by atoms with Gasteiger partial charge in [0, 0.05) is 19.3 Å². The SMILES string of the molecule is O=C1c2ccccc2C(=O)N1CCn1c(=O)c(C2=NS(O)(O)c3ccccc3N2)c(O)c2cccnc21. The third kappa shape index (κ3) is 3.49. The maximum atomic E-state index is 13.7. The van der Waals surface area contributed by atoms with E-state index in [-0.39, 0.29) is 40.4 Å². The molecule has 6 rings (SSSR count). The Bertz CT molecular complexity index is 1700. The number of pyridine rings is 2. The maximum absolute atomic E-state index is 13.7. The lowest BCUT2D eigenvalue weighted by Gasteiger charge is -2.34. The molecule has 2 amide bonds. The highest BCUT2D eigenvalue weighted by Crippen LogP contribution is 2.55. The zero-order valence-corrected chi connectivity index (χ0v) is 19.8. The minimum Gasteiger partial charge on any atom is -0.506 e. The first-order valence-corrected chi connectivity index (χ1v) is 12.7. The minimum absolute atomic E-state index is 0.120. The van der Waals surface area contributed by atoms with Crippen molar-refractivity contribution in [1.82, 2.24) is 14.5 Å². The summed E-state index contributed by atoms with van der Waals surface area (Å²) in [5.74, 6) is -1.59. The Labute approximate surface area is 210 Å². The fraction of sp³-hybridized carbons (Fsp3) is 0.0800. The van der Waals surface area contributed by atoms with Gasteiger partial charge >= 0.3 is 0 Å². The van der Waals surface area contributed by atoms with Crippen molar-refractivity contribution in [1.29, 1.82) is 0 Å². The van der Waals surface area contributed by atoms with Gasteiger partial charge in [0.25, 0.3) is 17.4 Å². The Morgan fingerprint density at radius 1 is 0.865 bits per heavy atom. The lowest BCUT2D eigenvalue weighted by Crippen LogP contribution is -2.37. The number of carbonyl (C=O) groups excluding carboxylic acids is 2. The van der Waals surface area contributed by atoms with Gasteiger partial charge in [0.1, 0.15) is 21.9 Å². The van der Waals surface area contributed by atoms with Crippen LogP contribution in [0.15, 0.2) is 80.9 Å². The first-order valence-electron chi connectivity index (χ1n) is 11.2. The summed E-state index contributed by atoms with van der Waals surface area (Å²) in [6.45, 7) is -0.245. The number of nitrogens with zero attached hydrogens (tertiary/aromatic N) is 4. The summed E-state index contributed by atoms with van der Waals surface area (Å²) in [5, 5.41) is 14.2. The second-order valence-electron chi connectivity index (χ2n) is 8.44. The first kappa shape index (κ1) is 22.9. The molecule has 2 aliphatic heterocycles. The van der Waals surface area contributed by atoms with Crippen molar-refractivity contribution < 1.29 is 23.8 Å². The van der Waals surface area contributed by atoms with Gasteiger partial charge in [-0.3, -0.25) is 33.0 Å². The van der Waals surface area contributed by atoms with E-state index >= 15 is 0 Å². The fourth-order valence-corrected chi connectivity index (χ4v) is 5.74. The number of carbonyl (C=O) groups is 2. The highest BCUT2D eigenvalue weighted by molar-refractivity contribution is 8.23. The van der Waals surface area contributed by atoms with E-state index in [1.807, 2.05) is 0 Å². The van der Waals surface area contributed by atoms with Gasteiger partial charge in [-0.05, 0) is 36.4 Å². The third-order valence-electron chi connectivity index (χ3n) is 6.31. The van der Waals surface area contributed by atoms with Crippen molar-refractivity contribution in [2.45, 2.75) is 11.4 Å². The molecule has 2 aromatic heterocycles. The molecule has 0 saturated heterocycles. The largest absolute Gasteiger partial charge is 0.506 e. The van der Waals surface area contributed by atoms with Crippen molar-refractivity contribution in [2.75, 3.05) is 11.9 Å². The molecule has 4 aromatic rings. The first-order chi connectivity index (χ1) is 17.8. The summed E-state index contributed by atoms with van der Waals surface area (Å²) in [6.07, 6.45) is 1.45. The molecule has 0 unspecified atom stereocenters. The molecule has 0 bridgehead atoms. The molecular formula is C25H19N5O6S. The standard InChI is InChI=1S/C25H19N5O6S/c31-20-16-8-5-11-26-22(16)29(12-13-30-23(32)14-6-1-2-7-15(14)24(30)33)25(34)19(20)21-27-17-9-3-4-10-18(17)37(35,36)28-21/h1-11,31,35-36H,12-13H2,(H,27,28). The molecule has 37 heavy (non-hydrogen) atoms. The molecule has 0 atom stereocenters. The lowest BCUT2D eigenvalue weighted by molar-refractivity contribution is 0.0649. The van der Waals surface area contributed by atoms with Crippen LogP contribution in [0, 0.1) is 0 Å². The second-order valence-corrected chi connectivity index (χ2v) is 10.1. The van der Waals surface area contributed by atoms with Crippen LogP contribution < -0.4 is 10.9 Å². The molecule has 0 spiro atoms. The Hall–Kier alpha value is -4.52. The van der Waals surface area contributed by atoms with Crippen molar-refractivity contribution in [3.05, 3.63) is 93.9 Å². The smallest absolute Gasteiger partial charge is 0.267 e. The van der Waals surface area contributed by atoms with Crippen LogP contribution in [0.25, 0.3) is 11.0 Å². The molecule has 2 aromatic carbocycles. The third-order valence-corrected chi connectivity index (χ3v) is 7.69. The molecular weight excluding hydrogens is 498 g/mol. The van der Waals surface area contributed by atoms with Gasteiger partial charge in [-0.25, -0.2) is 4.98 Å². The fourth-order valence-electron chi connectivity index (χ4n) is 4.57. The average Bonchev–Trinajstić information content (AvgIpc) is 3.13. The monoisotopic (exact) mass is 517 g/mol. The van der Waals surface area contributed by atoms with Crippen LogP contribution in [0.4, 0.5) is 5.69 Å². The number of aromatic nitrogens is 2. The number of amidine groups is 1. The maximum Gasteiger partial charge on any atom is 0.267 e. The minimum atomic E-state index is -3.66. The van der Waals surface area contributed by atoms with Gasteiger partial charge < -0.3 is 10.4 Å². The van der Waals surface area contributed by atoms with E-state index in [0.717, 1.165) is 4.90 Å². The van der Waals surface area contributed by atoms with Crippen molar-refractivity contribution in [3.63, 3.8) is 0 Å². The van der Waals surface area contributed by atoms with E-state index < -0.39 is 33.9 Å². The van der Waals surface area contributed by atoms with Gasteiger partial charge in [-0.2, -0.15) is 0 Å². The molecule has 4 heterocycles. The van der Waals surface area contributed by atoms with Crippen LogP contribution >= 0.6 is 10.8 Å². The van der Waals surface area contributed by atoms with Crippen LogP contribution in [-0.2, 0) is 6.54 Å². The number of benzene rings is 2. The number of nitrogens with one attached hydrogen (secondary N) is 1. The molecule has 0 aliphatic carbocycles. The number of para-hydroxylation sites is 1. The van der Waals surface area contributed by atoms with E-state index in [9.17, 15) is 28.6 Å². The Kier molecular flexibility index (Phi) is 5.12. The Morgan fingerprint density at radius 2 is 1.54 bits per heavy atom. The Balaban J connectivity index is 1.45. The predicted molar refractivity (Wildman–Crippen MR) is 137 cm³/mol. The number of hydrogen-bond acceptors (Lipinski definition) is 9. The Morgan fingerprint density at radius 3 is 2.27 bits per heavy atom. The lowest BCUT2D eigenvalue weighted by atomic mass is 10.1.